The Balaban J connectivity index is 2.65. The monoisotopic (exact) mass is 297 g/mol. The zero-order valence-corrected chi connectivity index (χ0v) is 11.2. The number of amides is 1. The Labute approximate surface area is 119 Å². The number of rotatable bonds is 4. The van der Waals surface area contributed by atoms with Crippen molar-refractivity contribution in [1.82, 2.24) is 9.97 Å². The summed E-state index contributed by atoms with van der Waals surface area (Å²) >= 11 is 11.8. The minimum atomic E-state index is -0.737. The Morgan fingerprint density at radius 3 is 2.42 bits per heavy atom. The van der Waals surface area contributed by atoms with E-state index in [4.69, 9.17) is 33.7 Å². The lowest BCUT2D eigenvalue weighted by atomic mass is 10.3. The second kappa shape index (κ2) is 5.42. The van der Waals surface area contributed by atoms with Crippen LogP contribution in [0.5, 0.6) is 5.88 Å². The standard InChI is InChI=1S/C12H9Cl2N3O2/c1-2-3-19-12-10(11(15)18)16-8-4-6(13)7(14)5-9(8)17-12/h2,4-5H,1,3H2,(H2,15,18). The molecule has 0 saturated carbocycles. The van der Waals surface area contributed by atoms with Crippen LogP contribution in [0.1, 0.15) is 10.5 Å². The third-order valence-corrected chi connectivity index (χ3v) is 2.97. The number of halogens is 2. The largest absolute Gasteiger partial charge is 0.472 e. The van der Waals surface area contributed by atoms with Crippen molar-refractivity contribution >= 4 is 40.1 Å². The molecule has 7 heteroatoms. The summed E-state index contributed by atoms with van der Waals surface area (Å²) in [5, 5.41) is 0.656. The van der Waals surface area contributed by atoms with Gasteiger partial charge in [0.15, 0.2) is 5.69 Å². The molecule has 1 heterocycles. The predicted molar refractivity (Wildman–Crippen MR) is 73.8 cm³/mol. The Kier molecular flexibility index (Phi) is 3.87. The van der Waals surface area contributed by atoms with Crippen LogP contribution in [0.3, 0.4) is 0 Å². The number of carbonyl (C=O) groups is 1. The van der Waals surface area contributed by atoms with Gasteiger partial charge in [0.05, 0.1) is 21.1 Å². The number of fused-ring (bicyclic) bond motifs is 1. The lowest BCUT2D eigenvalue weighted by Gasteiger charge is -2.08. The first-order valence-corrected chi connectivity index (χ1v) is 5.99. The van der Waals surface area contributed by atoms with Gasteiger partial charge in [0.2, 0.25) is 5.88 Å². The molecule has 1 aromatic heterocycles. The molecule has 19 heavy (non-hydrogen) atoms. The summed E-state index contributed by atoms with van der Waals surface area (Å²) in [4.78, 5) is 19.6. The molecule has 0 aliphatic carbocycles. The van der Waals surface area contributed by atoms with E-state index in [1.54, 1.807) is 0 Å². The van der Waals surface area contributed by atoms with Crippen LogP contribution in [0, 0.1) is 0 Å². The van der Waals surface area contributed by atoms with Crippen LogP contribution < -0.4 is 10.5 Å². The smallest absolute Gasteiger partial charge is 0.272 e. The second-order valence-corrected chi connectivity index (χ2v) is 4.41. The number of nitrogens with two attached hydrogens (primary N) is 1. The third kappa shape index (κ3) is 2.77. The molecular weight excluding hydrogens is 289 g/mol. The average Bonchev–Trinajstić information content (AvgIpc) is 2.36. The Hall–Kier alpha value is -1.85. The first kappa shape index (κ1) is 13.6. The molecule has 0 saturated heterocycles. The Bertz CT molecular complexity index is 674. The van der Waals surface area contributed by atoms with E-state index in [1.165, 1.54) is 18.2 Å². The molecule has 0 aliphatic heterocycles. The van der Waals surface area contributed by atoms with Crippen LogP contribution in [-0.4, -0.2) is 22.5 Å². The Morgan fingerprint density at radius 1 is 1.32 bits per heavy atom. The van der Waals surface area contributed by atoms with E-state index in [1.807, 2.05) is 0 Å². The predicted octanol–water partition coefficient (Wildman–Crippen LogP) is 2.60. The zero-order chi connectivity index (χ0) is 14.0. The molecular formula is C12H9Cl2N3O2. The molecule has 2 rings (SSSR count). The van der Waals surface area contributed by atoms with Crippen molar-refractivity contribution in [3.63, 3.8) is 0 Å². The van der Waals surface area contributed by atoms with E-state index < -0.39 is 5.91 Å². The van der Waals surface area contributed by atoms with E-state index in [9.17, 15) is 4.79 Å². The molecule has 1 aromatic carbocycles. The van der Waals surface area contributed by atoms with Crippen LogP contribution in [-0.2, 0) is 0 Å². The molecule has 2 aromatic rings. The molecule has 98 valence electrons. The first-order chi connectivity index (χ1) is 9.02. The minimum Gasteiger partial charge on any atom is -0.472 e. The van der Waals surface area contributed by atoms with Crippen molar-refractivity contribution in [3.05, 3.63) is 40.5 Å². The van der Waals surface area contributed by atoms with Gasteiger partial charge in [-0.2, -0.15) is 0 Å². The number of carbonyl (C=O) groups excluding carboxylic acids is 1. The van der Waals surface area contributed by atoms with Gasteiger partial charge in [0.1, 0.15) is 6.61 Å². The normalized spacial score (nSPS) is 10.4. The highest BCUT2D eigenvalue weighted by molar-refractivity contribution is 6.42. The highest BCUT2D eigenvalue weighted by Crippen LogP contribution is 2.28. The summed E-state index contributed by atoms with van der Waals surface area (Å²) in [6, 6.07) is 3.05. The van der Waals surface area contributed by atoms with Crippen LogP contribution in [0.25, 0.3) is 11.0 Å². The molecule has 0 radical (unpaired) electrons. The molecule has 0 aliphatic rings. The highest BCUT2D eigenvalue weighted by Gasteiger charge is 2.16. The number of hydrogen-bond donors (Lipinski definition) is 1. The maximum Gasteiger partial charge on any atom is 0.272 e. The van der Waals surface area contributed by atoms with E-state index in [0.717, 1.165) is 0 Å². The molecule has 2 N–H and O–H groups in total. The van der Waals surface area contributed by atoms with E-state index >= 15 is 0 Å². The molecule has 0 atom stereocenters. The zero-order valence-electron chi connectivity index (χ0n) is 9.69. The fourth-order valence-electron chi connectivity index (χ4n) is 1.43. The van der Waals surface area contributed by atoms with E-state index in [0.29, 0.717) is 21.1 Å². The van der Waals surface area contributed by atoms with Crippen molar-refractivity contribution in [2.24, 2.45) is 5.73 Å². The van der Waals surface area contributed by atoms with Gasteiger partial charge in [-0.05, 0) is 12.1 Å². The van der Waals surface area contributed by atoms with Gasteiger partial charge in [0, 0.05) is 0 Å². The van der Waals surface area contributed by atoms with Crippen molar-refractivity contribution < 1.29 is 9.53 Å². The summed E-state index contributed by atoms with van der Waals surface area (Å²) in [5.41, 5.74) is 6.04. The van der Waals surface area contributed by atoms with Gasteiger partial charge in [-0.3, -0.25) is 4.79 Å². The quantitative estimate of drug-likeness (QED) is 0.880. The topological polar surface area (TPSA) is 78.1 Å². The molecule has 0 bridgehead atoms. The maximum atomic E-state index is 11.3. The Morgan fingerprint density at radius 2 is 1.89 bits per heavy atom. The molecule has 1 amide bonds. The second-order valence-electron chi connectivity index (χ2n) is 3.60. The molecule has 0 spiro atoms. The highest BCUT2D eigenvalue weighted by atomic mass is 35.5. The van der Waals surface area contributed by atoms with Gasteiger partial charge < -0.3 is 10.5 Å². The summed E-state index contributed by atoms with van der Waals surface area (Å²) < 4.78 is 5.26. The first-order valence-electron chi connectivity index (χ1n) is 5.23. The van der Waals surface area contributed by atoms with Crippen LogP contribution in [0.15, 0.2) is 24.8 Å². The van der Waals surface area contributed by atoms with Gasteiger partial charge in [-0.25, -0.2) is 9.97 Å². The minimum absolute atomic E-state index is 0.0401. The average molecular weight is 298 g/mol. The number of nitrogens with zero attached hydrogens (tertiary/aromatic N) is 2. The molecule has 0 unspecified atom stereocenters. The molecule has 0 fully saturated rings. The number of aromatic nitrogens is 2. The lowest BCUT2D eigenvalue weighted by Crippen LogP contribution is -2.16. The number of benzene rings is 1. The van der Waals surface area contributed by atoms with Gasteiger partial charge in [0.25, 0.3) is 5.91 Å². The van der Waals surface area contributed by atoms with Gasteiger partial charge in [-0.15, -0.1) is 0 Å². The third-order valence-electron chi connectivity index (χ3n) is 2.25. The maximum absolute atomic E-state index is 11.3. The van der Waals surface area contributed by atoms with Crippen LogP contribution in [0.2, 0.25) is 10.0 Å². The summed E-state index contributed by atoms with van der Waals surface area (Å²) in [6.07, 6.45) is 1.52. The van der Waals surface area contributed by atoms with Crippen LogP contribution >= 0.6 is 23.2 Å². The lowest BCUT2D eigenvalue weighted by molar-refractivity contribution is 0.0991. The van der Waals surface area contributed by atoms with Gasteiger partial charge in [-0.1, -0.05) is 35.9 Å². The number of primary amides is 1. The van der Waals surface area contributed by atoms with Crippen molar-refractivity contribution in [3.8, 4) is 5.88 Å². The summed E-state index contributed by atoms with van der Waals surface area (Å²) in [7, 11) is 0. The van der Waals surface area contributed by atoms with Crippen molar-refractivity contribution in [1.29, 1.82) is 0 Å². The number of hydrogen-bond acceptors (Lipinski definition) is 4. The summed E-state index contributed by atoms with van der Waals surface area (Å²) in [6.45, 7) is 3.69. The fraction of sp³-hybridized carbons (Fsp3) is 0.0833. The summed E-state index contributed by atoms with van der Waals surface area (Å²) in [5.74, 6) is -0.696. The SMILES string of the molecule is C=CCOc1nc2cc(Cl)c(Cl)cc2nc1C(N)=O. The van der Waals surface area contributed by atoms with E-state index in [2.05, 4.69) is 16.5 Å². The number of ether oxygens (including phenoxy) is 1. The van der Waals surface area contributed by atoms with E-state index in [-0.39, 0.29) is 18.2 Å². The molecule has 5 nitrogen and oxygen atoms in total. The fourth-order valence-corrected chi connectivity index (χ4v) is 1.75. The van der Waals surface area contributed by atoms with Crippen LogP contribution in [0.4, 0.5) is 0 Å². The van der Waals surface area contributed by atoms with Crippen molar-refractivity contribution in [2.75, 3.05) is 6.61 Å². The van der Waals surface area contributed by atoms with Gasteiger partial charge >= 0.3 is 0 Å². The van der Waals surface area contributed by atoms with Crippen molar-refractivity contribution in [2.45, 2.75) is 0 Å².